The number of hydrogen-bond acceptors (Lipinski definition) is 3. The molecule has 0 aliphatic heterocycles. The van der Waals surface area contributed by atoms with Gasteiger partial charge in [0.05, 0.1) is 15.3 Å². The van der Waals surface area contributed by atoms with Gasteiger partial charge in [-0.1, -0.05) is 36.1 Å². The normalized spacial score (nSPS) is 12.4. The Morgan fingerprint density at radius 1 is 1.07 bits per heavy atom. The highest BCUT2D eigenvalue weighted by Gasteiger charge is 2.12. The number of halogens is 1. The van der Waals surface area contributed by atoms with Crippen LogP contribution in [0.4, 0.5) is 0 Å². The number of hydrogen-bond donors (Lipinski definition) is 0. The van der Waals surface area contributed by atoms with Crippen molar-refractivity contribution in [1.82, 2.24) is 4.98 Å². The summed E-state index contributed by atoms with van der Waals surface area (Å²) in [5.74, 6) is 5.45. The number of aryl methyl sites for hydroxylation is 1. The monoisotopic (exact) mass is 452 g/mol. The largest absolute Gasteiger partial charge is 0.286 e. The predicted molar refractivity (Wildman–Crippen MR) is 115 cm³/mol. The van der Waals surface area contributed by atoms with Crippen molar-refractivity contribution in [2.75, 3.05) is 6.26 Å². The minimum absolute atomic E-state index is 0.251. The van der Waals surface area contributed by atoms with E-state index >= 15 is 0 Å². The maximum atomic E-state index is 12.9. The molecule has 1 aromatic heterocycles. The number of aromatic nitrogens is 1. The summed E-state index contributed by atoms with van der Waals surface area (Å²) in [6.07, 6.45) is 4.44. The van der Waals surface area contributed by atoms with Crippen LogP contribution >= 0.6 is 15.9 Å². The SMILES string of the molecule is Cc1cccc(S(C)(=O)=NC(=O)c2cncc(C#Cc3ccccc3Br)c2)c1. The molecule has 28 heavy (non-hydrogen) atoms. The fourth-order valence-corrected chi connectivity index (χ4v) is 4.09. The molecule has 0 saturated carbocycles. The molecule has 0 fully saturated rings. The van der Waals surface area contributed by atoms with Gasteiger partial charge in [-0.25, -0.2) is 4.21 Å². The van der Waals surface area contributed by atoms with Crippen LogP contribution in [0.2, 0.25) is 0 Å². The zero-order valence-electron chi connectivity index (χ0n) is 15.3. The predicted octanol–water partition coefficient (Wildman–Crippen LogP) is 4.85. The first-order valence-electron chi connectivity index (χ1n) is 8.40. The maximum absolute atomic E-state index is 12.9. The van der Waals surface area contributed by atoms with Crippen molar-refractivity contribution in [2.45, 2.75) is 11.8 Å². The number of pyridine rings is 1. The van der Waals surface area contributed by atoms with Gasteiger partial charge in [0.25, 0.3) is 5.91 Å². The van der Waals surface area contributed by atoms with Gasteiger partial charge >= 0.3 is 0 Å². The minimum Gasteiger partial charge on any atom is -0.266 e. The molecular weight excluding hydrogens is 436 g/mol. The smallest absolute Gasteiger partial charge is 0.266 e. The van der Waals surface area contributed by atoms with E-state index < -0.39 is 15.6 Å². The molecule has 0 spiro atoms. The summed E-state index contributed by atoms with van der Waals surface area (Å²) >= 11 is 3.45. The Morgan fingerprint density at radius 2 is 1.86 bits per heavy atom. The zero-order valence-corrected chi connectivity index (χ0v) is 17.8. The lowest BCUT2D eigenvalue weighted by atomic mass is 10.2. The Labute approximate surface area is 173 Å². The molecule has 1 heterocycles. The Hall–Kier alpha value is -2.75. The maximum Gasteiger partial charge on any atom is 0.286 e. The molecule has 0 radical (unpaired) electrons. The molecule has 0 bridgehead atoms. The second-order valence-corrected chi connectivity index (χ2v) is 9.32. The van der Waals surface area contributed by atoms with Crippen LogP contribution in [-0.2, 0) is 9.73 Å². The van der Waals surface area contributed by atoms with E-state index in [0.717, 1.165) is 15.6 Å². The van der Waals surface area contributed by atoms with Gasteiger partial charge < -0.3 is 0 Å². The summed E-state index contributed by atoms with van der Waals surface area (Å²) < 4.78 is 17.8. The molecule has 140 valence electrons. The summed E-state index contributed by atoms with van der Waals surface area (Å²) in [7, 11) is -2.85. The van der Waals surface area contributed by atoms with Crippen molar-refractivity contribution in [3.8, 4) is 11.8 Å². The fourth-order valence-electron chi connectivity index (χ4n) is 2.44. The second-order valence-electron chi connectivity index (χ2n) is 6.21. The lowest BCUT2D eigenvalue weighted by molar-refractivity contribution is 0.100. The summed E-state index contributed by atoms with van der Waals surface area (Å²) in [6, 6.07) is 16.4. The van der Waals surface area contributed by atoms with Crippen LogP contribution in [0, 0.1) is 18.8 Å². The number of carbonyl (C=O) groups excluding carboxylic acids is 1. The van der Waals surface area contributed by atoms with Crippen LogP contribution in [0.1, 0.15) is 27.0 Å². The minimum atomic E-state index is -2.85. The van der Waals surface area contributed by atoms with Crippen molar-refractivity contribution in [3.05, 3.63) is 93.7 Å². The standard InChI is InChI=1S/C22H17BrN2O2S/c1-16-6-5-8-20(12-16)28(2,27)25-22(26)19-13-17(14-24-15-19)10-11-18-7-3-4-9-21(18)23/h3-9,12-15H,1-2H3. The quantitative estimate of drug-likeness (QED) is 0.522. The highest BCUT2D eigenvalue weighted by Crippen LogP contribution is 2.16. The third-order valence-electron chi connectivity index (χ3n) is 3.88. The van der Waals surface area contributed by atoms with Gasteiger partial charge in [0.1, 0.15) is 0 Å². The third kappa shape index (κ3) is 4.94. The summed E-state index contributed by atoms with van der Waals surface area (Å²) in [5.41, 5.74) is 2.62. The van der Waals surface area contributed by atoms with Gasteiger partial charge in [0.2, 0.25) is 0 Å². The molecule has 6 heteroatoms. The Bertz CT molecular complexity index is 1230. The molecule has 0 aliphatic carbocycles. The van der Waals surface area contributed by atoms with E-state index in [4.69, 9.17) is 0 Å². The highest BCUT2D eigenvalue weighted by atomic mass is 79.9. The molecule has 0 saturated heterocycles. The van der Waals surface area contributed by atoms with Crippen LogP contribution in [0.5, 0.6) is 0 Å². The number of nitrogens with zero attached hydrogens (tertiary/aromatic N) is 2. The summed E-state index contributed by atoms with van der Waals surface area (Å²) in [6.45, 7) is 1.90. The number of amides is 1. The molecule has 4 nitrogen and oxygen atoms in total. The first-order chi connectivity index (χ1) is 13.3. The van der Waals surface area contributed by atoms with Crippen molar-refractivity contribution < 1.29 is 9.00 Å². The van der Waals surface area contributed by atoms with Crippen LogP contribution in [0.3, 0.4) is 0 Å². The molecule has 1 unspecified atom stereocenters. The topological polar surface area (TPSA) is 59.4 Å². The number of benzene rings is 2. The Morgan fingerprint density at radius 3 is 2.61 bits per heavy atom. The van der Waals surface area contributed by atoms with Crippen molar-refractivity contribution in [2.24, 2.45) is 4.36 Å². The van der Waals surface area contributed by atoms with E-state index in [9.17, 15) is 9.00 Å². The average Bonchev–Trinajstić information content (AvgIpc) is 2.67. The number of carbonyl (C=O) groups is 1. The van der Waals surface area contributed by atoms with Gasteiger partial charge in [-0.3, -0.25) is 9.78 Å². The van der Waals surface area contributed by atoms with Gasteiger partial charge in [0.15, 0.2) is 0 Å². The first-order valence-corrected chi connectivity index (χ1v) is 11.1. The molecule has 0 N–H and O–H groups in total. The molecule has 3 aromatic rings. The van der Waals surface area contributed by atoms with Crippen molar-refractivity contribution >= 4 is 31.6 Å². The Balaban J connectivity index is 1.91. The molecular formula is C22H17BrN2O2S. The fraction of sp³-hybridized carbons (Fsp3) is 0.0909. The van der Waals surface area contributed by atoms with E-state index in [2.05, 4.69) is 37.1 Å². The van der Waals surface area contributed by atoms with Gasteiger partial charge in [-0.05, 0) is 58.7 Å². The van der Waals surface area contributed by atoms with E-state index in [0.29, 0.717) is 10.5 Å². The zero-order chi connectivity index (χ0) is 20.1. The molecule has 1 amide bonds. The van der Waals surface area contributed by atoms with E-state index in [1.165, 1.54) is 12.5 Å². The Kier molecular flexibility index (Phi) is 6.08. The van der Waals surface area contributed by atoms with Gasteiger partial charge in [0, 0.05) is 39.1 Å². The van der Waals surface area contributed by atoms with Gasteiger partial charge in [-0.15, -0.1) is 0 Å². The first kappa shape index (κ1) is 20.0. The average molecular weight is 453 g/mol. The van der Waals surface area contributed by atoms with Crippen molar-refractivity contribution in [1.29, 1.82) is 0 Å². The lowest BCUT2D eigenvalue weighted by Crippen LogP contribution is -2.04. The van der Waals surface area contributed by atoms with Crippen molar-refractivity contribution in [3.63, 3.8) is 0 Å². The molecule has 0 aliphatic rings. The molecule has 2 aromatic carbocycles. The third-order valence-corrected chi connectivity index (χ3v) is 6.22. The van der Waals surface area contributed by atoms with Crippen LogP contribution < -0.4 is 0 Å². The van der Waals surface area contributed by atoms with Crippen LogP contribution in [-0.4, -0.2) is 21.4 Å². The second kappa shape index (κ2) is 8.51. The summed E-state index contributed by atoms with van der Waals surface area (Å²) in [4.78, 5) is 17.2. The van der Waals surface area contributed by atoms with Gasteiger partial charge in [-0.2, -0.15) is 4.36 Å². The van der Waals surface area contributed by atoms with E-state index in [1.807, 2.05) is 37.3 Å². The van der Waals surface area contributed by atoms with E-state index in [-0.39, 0.29) is 5.56 Å². The molecule has 3 rings (SSSR count). The summed E-state index contributed by atoms with van der Waals surface area (Å²) in [5, 5.41) is 0. The van der Waals surface area contributed by atoms with E-state index in [1.54, 1.807) is 30.5 Å². The lowest BCUT2D eigenvalue weighted by Gasteiger charge is -2.05. The van der Waals surface area contributed by atoms with Crippen LogP contribution in [0.25, 0.3) is 0 Å². The highest BCUT2D eigenvalue weighted by molar-refractivity contribution is 9.10. The van der Waals surface area contributed by atoms with Crippen LogP contribution in [0.15, 0.2) is 80.7 Å². The molecule has 1 atom stereocenters. The number of rotatable bonds is 2.